The Hall–Kier alpha value is -1.35. The predicted molar refractivity (Wildman–Crippen MR) is 83.5 cm³/mol. The second-order valence-corrected chi connectivity index (χ2v) is 6.55. The largest absolute Gasteiger partial charge is 0.341 e. The maximum absolute atomic E-state index is 4.68. The Kier molecular flexibility index (Phi) is 4.06. The minimum absolute atomic E-state index is 0.835. The molecule has 2 heterocycles. The lowest BCUT2D eigenvalue weighted by molar-refractivity contribution is 0.161. The van der Waals surface area contributed by atoms with Crippen LogP contribution in [0.2, 0.25) is 0 Å². The smallest absolute Gasteiger partial charge is 0.121 e. The summed E-state index contributed by atoms with van der Waals surface area (Å²) >= 11 is 0. The summed E-state index contributed by atoms with van der Waals surface area (Å²) in [4.78, 5) is 10.6. The first-order chi connectivity index (χ1) is 9.70. The van der Waals surface area contributed by atoms with Crippen LogP contribution in [0.25, 0.3) is 11.0 Å². The van der Waals surface area contributed by atoms with Crippen LogP contribution < -0.4 is 0 Å². The Morgan fingerprint density at radius 2 is 2.00 bits per heavy atom. The van der Waals surface area contributed by atoms with Gasteiger partial charge in [0.2, 0.25) is 0 Å². The summed E-state index contributed by atoms with van der Waals surface area (Å²) in [6.07, 6.45) is 4.08. The van der Waals surface area contributed by atoms with Gasteiger partial charge in [0.1, 0.15) is 5.82 Å². The van der Waals surface area contributed by atoms with E-state index in [1.54, 1.807) is 0 Å². The molecule has 0 amide bonds. The zero-order valence-corrected chi connectivity index (χ0v) is 12.6. The molecule has 3 rings (SSSR count). The van der Waals surface area contributed by atoms with E-state index in [1.807, 2.05) is 6.07 Å². The first-order valence-electron chi connectivity index (χ1n) is 7.86. The van der Waals surface area contributed by atoms with E-state index in [9.17, 15) is 0 Å². The molecule has 108 valence electrons. The van der Waals surface area contributed by atoms with Gasteiger partial charge < -0.3 is 4.98 Å². The highest BCUT2D eigenvalue weighted by molar-refractivity contribution is 5.74. The SMILES string of the molecule is CC(C)CC1CCN(Cc2nc3ccccc3[nH]2)CC1. The number of fused-ring (bicyclic) bond motifs is 1. The van der Waals surface area contributed by atoms with Gasteiger partial charge in [-0.05, 0) is 56.3 Å². The van der Waals surface area contributed by atoms with Crippen LogP contribution in [0.3, 0.4) is 0 Å². The van der Waals surface area contributed by atoms with Gasteiger partial charge in [0.15, 0.2) is 0 Å². The van der Waals surface area contributed by atoms with Gasteiger partial charge in [0.25, 0.3) is 0 Å². The molecule has 0 saturated carbocycles. The second kappa shape index (κ2) is 5.96. The molecule has 1 N–H and O–H groups in total. The molecule has 0 aliphatic carbocycles. The van der Waals surface area contributed by atoms with Gasteiger partial charge in [-0.25, -0.2) is 4.98 Å². The summed E-state index contributed by atoms with van der Waals surface area (Å²) in [5.74, 6) is 2.87. The maximum Gasteiger partial charge on any atom is 0.121 e. The summed E-state index contributed by atoms with van der Waals surface area (Å²) in [7, 11) is 0. The molecule has 0 spiro atoms. The number of nitrogens with zero attached hydrogens (tertiary/aromatic N) is 2. The van der Waals surface area contributed by atoms with E-state index in [0.717, 1.165) is 35.2 Å². The molecule has 1 aliphatic heterocycles. The Labute approximate surface area is 121 Å². The molecule has 0 atom stereocenters. The van der Waals surface area contributed by atoms with Crippen LogP contribution in [-0.2, 0) is 6.54 Å². The lowest BCUT2D eigenvalue weighted by Crippen LogP contribution is -2.33. The number of imidazole rings is 1. The third kappa shape index (κ3) is 3.21. The maximum atomic E-state index is 4.68. The number of aromatic nitrogens is 2. The van der Waals surface area contributed by atoms with Crippen molar-refractivity contribution in [3.8, 4) is 0 Å². The van der Waals surface area contributed by atoms with Crippen molar-refractivity contribution < 1.29 is 0 Å². The molecule has 2 aromatic rings. The minimum atomic E-state index is 0.835. The third-order valence-electron chi connectivity index (χ3n) is 4.32. The summed E-state index contributed by atoms with van der Waals surface area (Å²) in [6.45, 7) is 8.06. The highest BCUT2D eigenvalue weighted by Crippen LogP contribution is 2.24. The van der Waals surface area contributed by atoms with Crippen molar-refractivity contribution in [3.05, 3.63) is 30.1 Å². The molecule has 1 aromatic carbocycles. The average molecular weight is 271 g/mol. The Balaban J connectivity index is 1.56. The molecule has 1 fully saturated rings. The van der Waals surface area contributed by atoms with E-state index >= 15 is 0 Å². The molecule has 20 heavy (non-hydrogen) atoms. The van der Waals surface area contributed by atoms with Crippen molar-refractivity contribution in [2.24, 2.45) is 11.8 Å². The quantitative estimate of drug-likeness (QED) is 0.916. The van der Waals surface area contributed by atoms with Crippen LogP contribution in [0, 0.1) is 11.8 Å². The molecule has 0 bridgehead atoms. The average Bonchev–Trinajstić information content (AvgIpc) is 2.82. The monoisotopic (exact) mass is 271 g/mol. The van der Waals surface area contributed by atoms with Crippen LogP contribution in [0.5, 0.6) is 0 Å². The number of para-hydroxylation sites is 2. The third-order valence-corrected chi connectivity index (χ3v) is 4.32. The van der Waals surface area contributed by atoms with Gasteiger partial charge in [-0.2, -0.15) is 0 Å². The molecular formula is C17H25N3. The van der Waals surface area contributed by atoms with Crippen LogP contribution >= 0.6 is 0 Å². The highest BCUT2D eigenvalue weighted by atomic mass is 15.2. The van der Waals surface area contributed by atoms with Crippen molar-refractivity contribution >= 4 is 11.0 Å². The molecule has 1 aromatic heterocycles. The number of benzene rings is 1. The number of rotatable bonds is 4. The van der Waals surface area contributed by atoms with E-state index in [4.69, 9.17) is 0 Å². The second-order valence-electron chi connectivity index (χ2n) is 6.55. The molecular weight excluding hydrogens is 246 g/mol. The van der Waals surface area contributed by atoms with Crippen molar-refractivity contribution in [1.82, 2.24) is 14.9 Å². The van der Waals surface area contributed by atoms with Crippen LogP contribution in [0.1, 0.15) is 38.9 Å². The van der Waals surface area contributed by atoms with Crippen LogP contribution in [-0.4, -0.2) is 28.0 Å². The number of nitrogens with one attached hydrogen (secondary N) is 1. The number of hydrogen-bond acceptors (Lipinski definition) is 2. The van der Waals surface area contributed by atoms with E-state index in [-0.39, 0.29) is 0 Å². The van der Waals surface area contributed by atoms with Gasteiger partial charge in [0.05, 0.1) is 17.6 Å². The van der Waals surface area contributed by atoms with E-state index in [2.05, 4.69) is 46.9 Å². The summed E-state index contributed by atoms with van der Waals surface area (Å²) in [5.41, 5.74) is 2.23. The topological polar surface area (TPSA) is 31.9 Å². The normalized spacial score (nSPS) is 18.1. The minimum Gasteiger partial charge on any atom is -0.341 e. The fourth-order valence-corrected chi connectivity index (χ4v) is 3.34. The lowest BCUT2D eigenvalue weighted by atomic mass is 9.89. The predicted octanol–water partition coefficient (Wildman–Crippen LogP) is 3.82. The number of H-pyrrole nitrogens is 1. The summed E-state index contributed by atoms with van der Waals surface area (Å²) in [5, 5.41) is 0. The zero-order chi connectivity index (χ0) is 13.9. The summed E-state index contributed by atoms with van der Waals surface area (Å²) in [6, 6.07) is 8.27. The van der Waals surface area contributed by atoms with Gasteiger partial charge in [-0.15, -0.1) is 0 Å². The fourth-order valence-electron chi connectivity index (χ4n) is 3.34. The highest BCUT2D eigenvalue weighted by Gasteiger charge is 2.20. The first-order valence-corrected chi connectivity index (χ1v) is 7.86. The molecule has 0 radical (unpaired) electrons. The van der Waals surface area contributed by atoms with Gasteiger partial charge in [0, 0.05) is 0 Å². The fraction of sp³-hybridized carbons (Fsp3) is 0.588. The zero-order valence-electron chi connectivity index (χ0n) is 12.6. The Bertz CT molecular complexity index is 517. The molecule has 1 aliphatic rings. The van der Waals surface area contributed by atoms with Crippen molar-refractivity contribution in [2.45, 2.75) is 39.7 Å². The van der Waals surface area contributed by atoms with Crippen molar-refractivity contribution in [2.75, 3.05) is 13.1 Å². The Morgan fingerprint density at radius 1 is 1.25 bits per heavy atom. The summed E-state index contributed by atoms with van der Waals surface area (Å²) < 4.78 is 0. The van der Waals surface area contributed by atoms with Gasteiger partial charge >= 0.3 is 0 Å². The number of likely N-dealkylation sites (tertiary alicyclic amines) is 1. The Morgan fingerprint density at radius 3 is 2.70 bits per heavy atom. The number of piperidine rings is 1. The molecule has 1 saturated heterocycles. The van der Waals surface area contributed by atoms with Crippen molar-refractivity contribution in [3.63, 3.8) is 0 Å². The van der Waals surface area contributed by atoms with Crippen LogP contribution in [0.4, 0.5) is 0 Å². The van der Waals surface area contributed by atoms with E-state index < -0.39 is 0 Å². The van der Waals surface area contributed by atoms with Crippen molar-refractivity contribution in [1.29, 1.82) is 0 Å². The molecule has 0 unspecified atom stereocenters. The van der Waals surface area contributed by atoms with E-state index in [1.165, 1.54) is 32.4 Å². The number of aromatic amines is 1. The molecule has 3 heteroatoms. The van der Waals surface area contributed by atoms with Gasteiger partial charge in [-0.1, -0.05) is 26.0 Å². The lowest BCUT2D eigenvalue weighted by Gasteiger charge is -2.32. The first kappa shape index (κ1) is 13.6. The number of hydrogen-bond donors (Lipinski definition) is 1. The van der Waals surface area contributed by atoms with Gasteiger partial charge in [-0.3, -0.25) is 4.90 Å². The standard InChI is InChI=1S/C17H25N3/c1-13(2)11-14-7-9-20(10-8-14)12-17-18-15-5-3-4-6-16(15)19-17/h3-6,13-14H,7-12H2,1-2H3,(H,18,19). The molecule has 3 nitrogen and oxygen atoms in total. The van der Waals surface area contributed by atoms with E-state index in [0.29, 0.717) is 0 Å². The van der Waals surface area contributed by atoms with Crippen LogP contribution in [0.15, 0.2) is 24.3 Å².